The SMILES string of the molecule is CC(C)(C)OC(=O)N1CCC1Cc1ccc(N)cc1. The van der Waals surface area contributed by atoms with Crippen LogP contribution in [0.4, 0.5) is 10.5 Å². The Morgan fingerprint density at radius 3 is 2.47 bits per heavy atom. The minimum absolute atomic E-state index is 0.209. The Morgan fingerprint density at radius 2 is 2.00 bits per heavy atom. The number of amides is 1. The first-order chi connectivity index (χ1) is 8.85. The molecule has 4 heteroatoms. The van der Waals surface area contributed by atoms with Gasteiger partial charge in [-0.2, -0.15) is 0 Å². The van der Waals surface area contributed by atoms with E-state index in [0.29, 0.717) is 0 Å². The Balaban J connectivity index is 1.92. The molecule has 104 valence electrons. The topological polar surface area (TPSA) is 55.6 Å². The van der Waals surface area contributed by atoms with E-state index in [1.807, 2.05) is 49.9 Å². The first-order valence-electron chi connectivity index (χ1n) is 6.69. The molecule has 1 heterocycles. The van der Waals surface area contributed by atoms with E-state index in [1.54, 1.807) is 0 Å². The second kappa shape index (κ2) is 5.11. The van der Waals surface area contributed by atoms with Crippen LogP contribution in [0.15, 0.2) is 24.3 Å². The van der Waals surface area contributed by atoms with Gasteiger partial charge in [-0.3, -0.25) is 0 Å². The van der Waals surface area contributed by atoms with E-state index in [1.165, 1.54) is 5.56 Å². The highest BCUT2D eigenvalue weighted by Crippen LogP contribution is 2.24. The summed E-state index contributed by atoms with van der Waals surface area (Å²) in [5, 5.41) is 0. The van der Waals surface area contributed by atoms with Crippen molar-refractivity contribution in [3.63, 3.8) is 0 Å². The lowest BCUT2D eigenvalue weighted by molar-refractivity contribution is -0.00498. The van der Waals surface area contributed by atoms with Gasteiger partial charge in [-0.05, 0) is 51.3 Å². The fraction of sp³-hybridized carbons (Fsp3) is 0.533. The molecule has 1 aromatic carbocycles. The van der Waals surface area contributed by atoms with Gasteiger partial charge in [-0.1, -0.05) is 12.1 Å². The van der Waals surface area contributed by atoms with Crippen molar-refractivity contribution >= 4 is 11.8 Å². The maximum atomic E-state index is 12.0. The molecule has 2 rings (SSSR count). The van der Waals surface area contributed by atoms with Gasteiger partial charge in [0.1, 0.15) is 5.60 Å². The highest BCUT2D eigenvalue weighted by molar-refractivity contribution is 5.69. The van der Waals surface area contributed by atoms with Crippen LogP contribution in [0.2, 0.25) is 0 Å². The molecule has 0 spiro atoms. The van der Waals surface area contributed by atoms with Crippen molar-refractivity contribution in [2.45, 2.75) is 45.3 Å². The van der Waals surface area contributed by atoms with Crippen LogP contribution in [-0.2, 0) is 11.2 Å². The summed E-state index contributed by atoms with van der Waals surface area (Å²) in [6.07, 6.45) is 1.68. The van der Waals surface area contributed by atoms with Crippen molar-refractivity contribution in [3.05, 3.63) is 29.8 Å². The zero-order valence-corrected chi connectivity index (χ0v) is 11.8. The number of ether oxygens (including phenoxy) is 1. The van der Waals surface area contributed by atoms with Crippen molar-refractivity contribution in [2.75, 3.05) is 12.3 Å². The van der Waals surface area contributed by atoms with Gasteiger partial charge in [0, 0.05) is 18.3 Å². The third kappa shape index (κ3) is 3.63. The Kier molecular flexibility index (Phi) is 3.69. The van der Waals surface area contributed by atoms with Crippen molar-refractivity contribution in [3.8, 4) is 0 Å². The Morgan fingerprint density at radius 1 is 1.37 bits per heavy atom. The Hall–Kier alpha value is -1.71. The van der Waals surface area contributed by atoms with Crippen LogP contribution in [0.1, 0.15) is 32.8 Å². The van der Waals surface area contributed by atoms with Crippen LogP contribution in [0.25, 0.3) is 0 Å². The molecule has 2 N–H and O–H groups in total. The standard InChI is InChI=1S/C15H22N2O2/c1-15(2,3)19-14(18)17-9-8-13(17)10-11-4-6-12(16)7-5-11/h4-7,13H,8-10,16H2,1-3H3. The van der Waals surface area contributed by atoms with Gasteiger partial charge in [-0.15, -0.1) is 0 Å². The number of nitrogens with two attached hydrogens (primary N) is 1. The lowest BCUT2D eigenvalue weighted by atomic mass is 9.96. The number of nitrogen functional groups attached to an aromatic ring is 1. The number of benzene rings is 1. The van der Waals surface area contributed by atoms with E-state index in [2.05, 4.69) is 0 Å². The third-order valence-electron chi connectivity index (χ3n) is 3.22. The Bertz CT molecular complexity index is 448. The molecule has 0 aromatic heterocycles. The van der Waals surface area contributed by atoms with E-state index >= 15 is 0 Å². The fourth-order valence-electron chi connectivity index (χ4n) is 2.14. The summed E-state index contributed by atoms with van der Waals surface area (Å²) in [6, 6.07) is 8.07. The molecular formula is C15H22N2O2. The minimum Gasteiger partial charge on any atom is -0.444 e. The second-order valence-corrected chi connectivity index (χ2v) is 6.06. The van der Waals surface area contributed by atoms with Crippen LogP contribution in [0.5, 0.6) is 0 Å². The van der Waals surface area contributed by atoms with E-state index in [4.69, 9.17) is 10.5 Å². The second-order valence-electron chi connectivity index (χ2n) is 6.06. The first-order valence-corrected chi connectivity index (χ1v) is 6.69. The van der Waals surface area contributed by atoms with Crippen molar-refractivity contribution in [1.29, 1.82) is 0 Å². The molecule has 1 aliphatic heterocycles. The third-order valence-corrected chi connectivity index (χ3v) is 3.22. The minimum atomic E-state index is -0.432. The molecule has 1 aromatic rings. The first kappa shape index (κ1) is 13.7. The van der Waals surface area contributed by atoms with E-state index in [9.17, 15) is 4.79 Å². The lowest BCUT2D eigenvalue weighted by Crippen LogP contribution is -2.53. The number of nitrogens with zero attached hydrogens (tertiary/aromatic N) is 1. The molecule has 4 nitrogen and oxygen atoms in total. The van der Waals surface area contributed by atoms with Crippen LogP contribution >= 0.6 is 0 Å². The number of likely N-dealkylation sites (tertiary alicyclic amines) is 1. The van der Waals surface area contributed by atoms with Gasteiger partial charge in [0.05, 0.1) is 0 Å². The quantitative estimate of drug-likeness (QED) is 0.834. The molecule has 1 fully saturated rings. The predicted octanol–water partition coefficient (Wildman–Crippen LogP) is 2.82. The van der Waals surface area contributed by atoms with Gasteiger partial charge < -0.3 is 15.4 Å². The van der Waals surface area contributed by atoms with E-state index in [-0.39, 0.29) is 12.1 Å². The summed E-state index contributed by atoms with van der Waals surface area (Å²) in [6.45, 7) is 6.45. The monoisotopic (exact) mass is 262 g/mol. The van der Waals surface area contributed by atoms with Crippen LogP contribution in [0.3, 0.4) is 0 Å². The highest BCUT2D eigenvalue weighted by Gasteiger charge is 2.34. The normalized spacial score (nSPS) is 18.9. The predicted molar refractivity (Wildman–Crippen MR) is 75.9 cm³/mol. The average molecular weight is 262 g/mol. The van der Waals surface area contributed by atoms with Gasteiger partial charge in [0.2, 0.25) is 0 Å². The number of hydrogen-bond donors (Lipinski definition) is 1. The molecular weight excluding hydrogens is 240 g/mol. The van der Waals surface area contributed by atoms with Gasteiger partial charge in [-0.25, -0.2) is 4.79 Å². The average Bonchev–Trinajstić information content (AvgIpc) is 2.24. The molecule has 0 aliphatic carbocycles. The molecule has 1 amide bonds. The number of carbonyl (C=O) groups is 1. The van der Waals surface area contributed by atoms with E-state index in [0.717, 1.165) is 25.1 Å². The van der Waals surface area contributed by atoms with E-state index < -0.39 is 5.60 Å². The molecule has 1 unspecified atom stereocenters. The van der Waals surface area contributed by atoms with Crippen LogP contribution in [-0.4, -0.2) is 29.2 Å². The zero-order valence-electron chi connectivity index (χ0n) is 11.8. The number of hydrogen-bond acceptors (Lipinski definition) is 3. The molecule has 1 aliphatic rings. The molecule has 0 bridgehead atoms. The molecule has 0 radical (unpaired) electrons. The lowest BCUT2D eigenvalue weighted by Gasteiger charge is -2.41. The smallest absolute Gasteiger partial charge is 0.410 e. The zero-order chi connectivity index (χ0) is 14.0. The Labute approximate surface area is 114 Å². The number of rotatable bonds is 2. The number of anilines is 1. The summed E-state index contributed by atoms with van der Waals surface area (Å²) < 4.78 is 5.40. The van der Waals surface area contributed by atoms with Crippen molar-refractivity contribution in [2.24, 2.45) is 0 Å². The summed E-state index contributed by atoms with van der Waals surface area (Å²) in [5.41, 5.74) is 7.20. The maximum absolute atomic E-state index is 12.0. The largest absolute Gasteiger partial charge is 0.444 e. The highest BCUT2D eigenvalue weighted by atomic mass is 16.6. The summed E-state index contributed by atoms with van der Waals surface area (Å²) in [4.78, 5) is 13.8. The van der Waals surface area contributed by atoms with Crippen molar-refractivity contribution in [1.82, 2.24) is 4.90 Å². The number of carbonyl (C=O) groups excluding carboxylic acids is 1. The fourth-order valence-corrected chi connectivity index (χ4v) is 2.14. The summed E-state index contributed by atoms with van der Waals surface area (Å²) in [7, 11) is 0. The van der Waals surface area contributed by atoms with Crippen LogP contribution in [0, 0.1) is 0 Å². The molecule has 19 heavy (non-hydrogen) atoms. The van der Waals surface area contributed by atoms with Gasteiger partial charge >= 0.3 is 6.09 Å². The molecule has 0 saturated carbocycles. The summed E-state index contributed by atoms with van der Waals surface area (Å²) in [5.74, 6) is 0. The van der Waals surface area contributed by atoms with Gasteiger partial charge in [0.15, 0.2) is 0 Å². The summed E-state index contributed by atoms with van der Waals surface area (Å²) >= 11 is 0. The molecule has 1 atom stereocenters. The van der Waals surface area contributed by atoms with Gasteiger partial charge in [0.25, 0.3) is 0 Å². The maximum Gasteiger partial charge on any atom is 0.410 e. The van der Waals surface area contributed by atoms with Crippen molar-refractivity contribution < 1.29 is 9.53 Å². The van der Waals surface area contributed by atoms with Crippen LogP contribution < -0.4 is 5.73 Å². The molecule has 1 saturated heterocycles.